The summed E-state index contributed by atoms with van der Waals surface area (Å²) in [6.45, 7) is 5.44. The predicted molar refractivity (Wildman–Crippen MR) is 102 cm³/mol. The highest BCUT2D eigenvalue weighted by Crippen LogP contribution is 2.14. The van der Waals surface area contributed by atoms with Gasteiger partial charge in [0.05, 0.1) is 13.2 Å². The zero-order valence-electron chi connectivity index (χ0n) is 15.0. The molecule has 2 N–H and O–H groups in total. The quantitative estimate of drug-likeness (QED) is 0.418. The Labute approximate surface area is 150 Å². The highest BCUT2D eigenvalue weighted by atomic mass is 16.5. The maximum atomic E-state index is 5.80. The highest BCUT2D eigenvalue weighted by Gasteiger charge is 1.99. The molecular formula is C20H27N3O2. The number of nitrogens with one attached hydrogen (secondary N) is 2. The fourth-order valence-corrected chi connectivity index (χ4v) is 2.22. The van der Waals surface area contributed by atoms with Gasteiger partial charge in [-0.25, -0.2) is 4.99 Å². The first kappa shape index (κ1) is 18.8. The summed E-state index contributed by atoms with van der Waals surface area (Å²) in [5.74, 6) is 1.66. The number of benzene rings is 2. The number of rotatable bonds is 9. The lowest BCUT2D eigenvalue weighted by molar-refractivity contribution is 0.203. The summed E-state index contributed by atoms with van der Waals surface area (Å²) in [4.78, 5) is 4.58. The normalized spacial score (nSPS) is 11.2. The van der Waals surface area contributed by atoms with E-state index < -0.39 is 0 Å². The summed E-state index contributed by atoms with van der Waals surface area (Å²) in [7, 11) is 1.69. The van der Waals surface area contributed by atoms with Crippen LogP contribution in [0.25, 0.3) is 0 Å². The van der Waals surface area contributed by atoms with Crippen LogP contribution < -0.4 is 15.4 Å². The van der Waals surface area contributed by atoms with Crippen LogP contribution in [-0.4, -0.2) is 32.8 Å². The lowest BCUT2D eigenvalue weighted by atomic mass is 10.2. The van der Waals surface area contributed by atoms with E-state index in [4.69, 9.17) is 9.47 Å². The molecule has 25 heavy (non-hydrogen) atoms. The van der Waals surface area contributed by atoms with Gasteiger partial charge in [-0.05, 0) is 30.2 Å². The number of aliphatic imine (C=N–C) groups is 1. The van der Waals surface area contributed by atoms with E-state index in [1.165, 1.54) is 0 Å². The summed E-state index contributed by atoms with van der Waals surface area (Å²) in [5.41, 5.74) is 2.30. The van der Waals surface area contributed by atoms with Crippen molar-refractivity contribution >= 4 is 5.96 Å². The van der Waals surface area contributed by atoms with Crippen LogP contribution in [0, 0.1) is 0 Å². The third kappa shape index (κ3) is 7.27. The fraction of sp³-hybridized carbons (Fsp3) is 0.350. The third-order valence-corrected chi connectivity index (χ3v) is 3.53. The molecule has 0 saturated heterocycles. The molecule has 0 amide bonds. The van der Waals surface area contributed by atoms with E-state index in [-0.39, 0.29) is 0 Å². The first-order valence-corrected chi connectivity index (χ1v) is 8.58. The average molecular weight is 341 g/mol. The Hall–Kier alpha value is -2.53. The van der Waals surface area contributed by atoms with Gasteiger partial charge in [0.15, 0.2) is 5.96 Å². The number of guanidine groups is 1. The van der Waals surface area contributed by atoms with E-state index >= 15 is 0 Å². The van der Waals surface area contributed by atoms with Gasteiger partial charge in [0.2, 0.25) is 0 Å². The molecule has 0 bridgehead atoms. The minimum Gasteiger partial charge on any atom is -0.489 e. The van der Waals surface area contributed by atoms with Crippen molar-refractivity contribution < 1.29 is 9.47 Å². The lowest BCUT2D eigenvalue weighted by Crippen LogP contribution is -2.38. The number of hydrogen-bond acceptors (Lipinski definition) is 3. The first-order chi connectivity index (χ1) is 12.3. The van der Waals surface area contributed by atoms with Crippen LogP contribution in [0.4, 0.5) is 0 Å². The van der Waals surface area contributed by atoms with Gasteiger partial charge in [-0.2, -0.15) is 0 Å². The maximum absolute atomic E-state index is 5.80. The van der Waals surface area contributed by atoms with Gasteiger partial charge in [-0.15, -0.1) is 0 Å². The molecule has 0 aliphatic rings. The van der Waals surface area contributed by atoms with Gasteiger partial charge in [-0.3, -0.25) is 0 Å². The van der Waals surface area contributed by atoms with E-state index in [1.807, 2.05) is 49.4 Å². The molecule has 0 atom stereocenters. The molecule has 0 radical (unpaired) electrons. The van der Waals surface area contributed by atoms with Gasteiger partial charge in [-0.1, -0.05) is 42.5 Å². The molecule has 0 aromatic heterocycles. The smallest absolute Gasteiger partial charge is 0.191 e. The predicted octanol–water partition coefficient (Wildman–Crippen LogP) is 2.97. The van der Waals surface area contributed by atoms with Crippen molar-refractivity contribution in [3.8, 4) is 5.75 Å². The Bertz CT molecular complexity index is 627. The van der Waals surface area contributed by atoms with Crippen LogP contribution in [-0.2, 0) is 17.9 Å². The van der Waals surface area contributed by atoms with Gasteiger partial charge < -0.3 is 20.1 Å². The van der Waals surface area contributed by atoms with E-state index in [2.05, 4.69) is 27.8 Å². The van der Waals surface area contributed by atoms with Crippen LogP contribution >= 0.6 is 0 Å². The Kier molecular flexibility index (Phi) is 8.35. The molecule has 2 rings (SSSR count). The summed E-state index contributed by atoms with van der Waals surface area (Å²) in [5, 5.41) is 6.45. The van der Waals surface area contributed by atoms with Crippen LogP contribution in [0.2, 0.25) is 0 Å². The Balaban J connectivity index is 1.84. The van der Waals surface area contributed by atoms with Crippen molar-refractivity contribution in [2.45, 2.75) is 20.1 Å². The van der Waals surface area contributed by atoms with Crippen molar-refractivity contribution in [2.24, 2.45) is 4.99 Å². The van der Waals surface area contributed by atoms with E-state index in [0.717, 1.165) is 35.9 Å². The number of ether oxygens (including phenoxy) is 2. The van der Waals surface area contributed by atoms with Crippen molar-refractivity contribution in [1.29, 1.82) is 0 Å². The topological polar surface area (TPSA) is 54.9 Å². The third-order valence-electron chi connectivity index (χ3n) is 3.53. The zero-order chi connectivity index (χ0) is 17.7. The molecule has 0 saturated carbocycles. The van der Waals surface area contributed by atoms with Crippen molar-refractivity contribution in [2.75, 3.05) is 26.8 Å². The molecule has 134 valence electrons. The summed E-state index contributed by atoms with van der Waals surface area (Å²) in [6, 6.07) is 18.2. The Morgan fingerprint density at radius 1 is 0.960 bits per heavy atom. The molecule has 0 aliphatic carbocycles. The van der Waals surface area contributed by atoms with Crippen LogP contribution in [0.15, 0.2) is 59.6 Å². The van der Waals surface area contributed by atoms with Gasteiger partial charge >= 0.3 is 0 Å². The molecule has 2 aromatic rings. The molecule has 0 unspecified atom stereocenters. The van der Waals surface area contributed by atoms with Gasteiger partial charge in [0, 0.05) is 20.2 Å². The molecule has 5 nitrogen and oxygen atoms in total. The molecule has 0 heterocycles. The van der Waals surface area contributed by atoms with Crippen molar-refractivity contribution in [1.82, 2.24) is 10.6 Å². The lowest BCUT2D eigenvalue weighted by Gasteiger charge is -2.11. The molecule has 0 spiro atoms. The largest absolute Gasteiger partial charge is 0.489 e. The standard InChI is InChI=1S/C20H27N3O2/c1-3-21-20(22-13-14-24-2)23-15-17-9-11-19(12-10-17)25-16-18-7-5-4-6-8-18/h4-12H,3,13-16H2,1-2H3,(H2,21,22,23). The van der Waals surface area contributed by atoms with E-state index in [0.29, 0.717) is 19.8 Å². The summed E-state index contributed by atoms with van der Waals surface area (Å²) < 4.78 is 10.8. The average Bonchev–Trinajstić information content (AvgIpc) is 2.66. The number of methoxy groups -OCH3 is 1. The summed E-state index contributed by atoms with van der Waals surface area (Å²) >= 11 is 0. The number of nitrogens with zero attached hydrogens (tertiary/aromatic N) is 1. The van der Waals surface area contributed by atoms with Crippen LogP contribution in [0.5, 0.6) is 5.75 Å². The van der Waals surface area contributed by atoms with E-state index in [9.17, 15) is 0 Å². The van der Waals surface area contributed by atoms with Gasteiger partial charge in [0.25, 0.3) is 0 Å². The van der Waals surface area contributed by atoms with Crippen molar-refractivity contribution in [3.05, 3.63) is 65.7 Å². The SMILES string of the molecule is CCNC(=NCc1ccc(OCc2ccccc2)cc1)NCCOC. The Morgan fingerprint density at radius 2 is 1.72 bits per heavy atom. The monoisotopic (exact) mass is 341 g/mol. The Morgan fingerprint density at radius 3 is 2.40 bits per heavy atom. The molecule has 2 aromatic carbocycles. The van der Waals surface area contributed by atoms with Crippen molar-refractivity contribution in [3.63, 3.8) is 0 Å². The maximum Gasteiger partial charge on any atom is 0.191 e. The molecule has 0 aliphatic heterocycles. The fourth-order valence-electron chi connectivity index (χ4n) is 2.22. The molecular weight excluding hydrogens is 314 g/mol. The second-order valence-corrected chi connectivity index (χ2v) is 5.53. The first-order valence-electron chi connectivity index (χ1n) is 8.58. The second kappa shape index (κ2) is 11.1. The highest BCUT2D eigenvalue weighted by molar-refractivity contribution is 5.79. The molecule has 5 heteroatoms. The van der Waals surface area contributed by atoms with Crippen LogP contribution in [0.3, 0.4) is 0 Å². The number of hydrogen-bond donors (Lipinski definition) is 2. The van der Waals surface area contributed by atoms with Crippen LogP contribution in [0.1, 0.15) is 18.1 Å². The molecule has 0 fully saturated rings. The minimum absolute atomic E-state index is 0.576. The zero-order valence-corrected chi connectivity index (χ0v) is 15.0. The second-order valence-electron chi connectivity index (χ2n) is 5.53. The van der Waals surface area contributed by atoms with E-state index in [1.54, 1.807) is 7.11 Å². The minimum atomic E-state index is 0.576. The summed E-state index contributed by atoms with van der Waals surface area (Å²) in [6.07, 6.45) is 0. The van der Waals surface area contributed by atoms with Gasteiger partial charge in [0.1, 0.15) is 12.4 Å².